The molecule has 0 saturated carbocycles. The summed E-state index contributed by atoms with van der Waals surface area (Å²) in [5, 5.41) is 7.50. The summed E-state index contributed by atoms with van der Waals surface area (Å²) in [5.74, 6) is -1.65. The first kappa shape index (κ1) is 9.93. The Morgan fingerprint density at radius 2 is 2.00 bits per heavy atom. The van der Waals surface area contributed by atoms with E-state index in [1.165, 1.54) is 0 Å². The molecule has 0 aromatic carbocycles. The molecule has 0 spiro atoms. The average molecular weight is 221 g/mol. The van der Waals surface area contributed by atoms with Gasteiger partial charge in [-0.15, -0.1) is 0 Å². The SMILES string of the molecule is O=C(O)C1=CC(C(=O)S)=NS1(=O)=O. The summed E-state index contributed by atoms with van der Waals surface area (Å²) in [5.41, 5.74) is -0.485. The molecular weight excluding hydrogens is 218 g/mol. The minimum atomic E-state index is -4.20. The maximum absolute atomic E-state index is 10.9. The van der Waals surface area contributed by atoms with Crippen molar-refractivity contribution in [3.63, 3.8) is 0 Å². The van der Waals surface area contributed by atoms with Crippen LogP contribution < -0.4 is 0 Å². The van der Waals surface area contributed by atoms with Gasteiger partial charge in [-0.2, -0.15) is 12.8 Å². The van der Waals surface area contributed by atoms with Crippen LogP contribution in [0, 0.1) is 0 Å². The predicted molar refractivity (Wildman–Crippen MR) is 46.1 cm³/mol. The van der Waals surface area contributed by atoms with Gasteiger partial charge in [-0.25, -0.2) is 4.79 Å². The summed E-state index contributed by atoms with van der Waals surface area (Å²) in [7, 11) is -4.20. The maximum Gasteiger partial charge on any atom is 0.349 e. The first-order valence-electron chi connectivity index (χ1n) is 2.88. The fraction of sp³-hybridized carbons (Fsp3) is 0. The van der Waals surface area contributed by atoms with E-state index in [0.717, 1.165) is 0 Å². The largest absolute Gasteiger partial charge is 0.477 e. The number of carbonyl (C=O) groups excluding carboxylic acids is 1. The Hall–Kier alpha value is -1.15. The first-order valence-corrected chi connectivity index (χ1v) is 4.76. The molecular formula is C5H3NO5S2. The number of carboxylic acid groups (broad SMARTS) is 1. The number of carbonyl (C=O) groups is 2. The van der Waals surface area contributed by atoms with Crippen molar-refractivity contribution in [3.05, 3.63) is 11.0 Å². The molecule has 0 atom stereocenters. The van der Waals surface area contributed by atoms with E-state index in [4.69, 9.17) is 5.11 Å². The molecule has 1 aliphatic heterocycles. The van der Waals surface area contributed by atoms with Crippen LogP contribution in [0.3, 0.4) is 0 Å². The van der Waals surface area contributed by atoms with Crippen molar-refractivity contribution in [2.24, 2.45) is 4.40 Å². The molecule has 0 aromatic rings. The highest BCUT2D eigenvalue weighted by atomic mass is 32.2. The first-order chi connectivity index (χ1) is 5.84. The topological polar surface area (TPSA) is 101 Å². The van der Waals surface area contributed by atoms with Gasteiger partial charge in [0.2, 0.25) is 5.12 Å². The molecule has 0 fully saturated rings. The fourth-order valence-corrected chi connectivity index (χ4v) is 1.83. The number of aliphatic carboxylic acids is 1. The van der Waals surface area contributed by atoms with E-state index in [1.807, 2.05) is 0 Å². The zero-order valence-electron chi connectivity index (χ0n) is 5.96. The summed E-state index contributed by atoms with van der Waals surface area (Å²) >= 11 is 3.31. The summed E-state index contributed by atoms with van der Waals surface area (Å²) in [6.45, 7) is 0. The van der Waals surface area contributed by atoms with Gasteiger partial charge in [0.15, 0.2) is 4.91 Å². The van der Waals surface area contributed by atoms with Gasteiger partial charge in [-0.05, 0) is 6.08 Å². The van der Waals surface area contributed by atoms with Crippen molar-refractivity contribution in [1.29, 1.82) is 0 Å². The average Bonchev–Trinajstić information content (AvgIpc) is 2.25. The third-order valence-corrected chi connectivity index (χ3v) is 2.71. The van der Waals surface area contributed by atoms with Crippen molar-refractivity contribution < 1.29 is 23.1 Å². The van der Waals surface area contributed by atoms with Gasteiger partial charge in [0.1, 0.15) is 5.71 Å². The van der Waals surface area contributed by atoms with Crippen LogP contribution in [0.2, 0.25) is 0 Å². The monoisotopic (exact) mass is 221 g/mol. The van der Waals surface area contributed by atoms with Gasteiger partial charge in [-0.3, -0.25) is 4.79 Å². The van der Waals surface area contributed by atoms with E-state index >= 15 is 0 Å². The molecule has 0 saturated heterocycles. The molecule has 0 aromatic heterocycles. The highest BCUT2D eigenvalue weighted by molar-refractivity contribution is 8.00. The van der Waals surface area contributed by atoms with Gasteiger partial charge >= 0.3 is 5.97 Å². The minimum absolute atomic E-state index is 0.485. The van der Waals surface area contributed by atoms with Crippen LogP contribution in [-0.2, 0) is 19.6 Å². The van der Waals surface area contributed by atoms with E-state index in [9.17, 15) is 18.0 Å². The second-order valence-corrected chi connectivity index (χ2v) is 4.05. The Balaban J connectivity index is 3.28. The van der Waals surface area contributed by atoms with Crippen LogP contribution in [0.15, 0.2) is 15.4 Å². The van der Waals surface area contributed by atoms with Crippen LogP contribution in [0.5, 0.6) is 0 Å². The lowest BCUT2D eigenvalue weighted by molar-refractivity contribution is -0.131. The number of rotatable bonds is 2. The molecule has 1 aliphatic rings. The lowest BCUT2D eigenvalue weighted by Gasteiger charge is -1.89. The number of allylic oxidation sites excluding steroid dienone is 1. The van der Waals surface area contributed by atoms with Crippen LogP contribution >= 0.6 is 12.6 Å². The number of carboxylic acids is 1. The third-order valence-electron chi connectivity index (χ3n) is 1.19. The number of hydrogen-bond donors (Lipinski definition) is 2. The zero-order chi connectivity index (χ0) is 10.2. The lowest BCUT2D eigenvalue weighted by Crippen LogP contribution is -2.07. The van der Waals surface area contributed by atoms with E-state index in [-0.39, 0.29) is 0 Å². The van der Waals surface area contributed by atoms with E-state index in [0.29, 0.717) is 6.08 Å². The Morgan fingerprint density at radius 1 is 1.46 bits per heavy atom. The number of thiol groups is 1. The zero-order valence-corrected chi connectivity index (χ0v) is 7.67. The molecule has 0 radical (unpaired) electrons. The van der Waals surface area contributed by atoms with Gasteiger partial charge < -0.3 is 5.11 Å². The smallest absolute Gasteiger partial charge is 0.349 e. The van der Waals surface area contributed by atoms with Gasteiger partial charge in [0.05, 0.1) is 0 Å². The van der Waals surface area contributed by atoms with Crippen LogP contribution in [0.25, 0.3) is 0 Å². The van der Waals surface area contributed by atoms with Gasteiger partial charge in [0, 0.05) is 0 Å². The van der Waals surface area contributed by atoms with E-state index in [2.05, 4.69) is 17.0 Å². The van der Waals surface area contributed by atoms with E-state index in [1.54, 1.807) is 0 Å². The molecule has 6 nitrogen and oxygen atoms in total. The summed E-state index contributed by atoms with van der Waals surface area (Å²) in [4.78, 5) is 19.9. The molecule has 1 heterocycles. The molecule has 13 heavy (non-hydrogen) atoms. The third kappa shape index (κ3) is 1.78. The predicted octanol–water partition coefficient (Wildman–Crippen LogP) is -0.804. The summed E-state index contributed by atoms with van der Waals surface area (Å²) in [6.07, 6.45) is 0.674. The Bertz CT molecular complexity index is 444. The highest BCUT2D eigenvalue weighted by Crippen LogP contribution is 2.17. The van der Waals surface area contributed by atoms with Gasteiger partial charge in [-0.1, -0.05) is 12.6 Å². The number of hydrogen-bond acceptors (Lipinski definition) is 4. The highest BCUT2D eigenvalue weighted by Gasteiger charge is 2.31. The van der Waals surface area contributed by atoms with Crippen LogP contribution in [0.1, 0.15) is 0 Å². The summed E-state index contributed by atoms with van der Waals surface area (Å²) in [6, 6.07) is 0. The Morgan fingerprint density at radius 3 is 2.23 bits per heavy atom. The van der Waals surface area contributed by atoms with Crippen LogP contribution in [0.4, 0.5) is 0 Å². The minimum Gasteiger partial charge on any atom is -0.477 e. The van der Waals surface area contributed by atoms with E-state index < -0.39 is 31.7 Å². The molecule has 1 rings (SSSR count). The Kier molecular flexibility index (Phi) is 2.26. The van der Waals surface area contributed by atoms with Crippen molar-refractivity contribution in [3.8, 4) is 0 Å². The molecule has 0 aliphatic carbocycles. The van der Waals surface area contributed by atoms with Crippen molar-refractivity contribution in [2.45, 2.75) is 0 Å². The normalized spacial score (nSPS) is 19.2. The second kappa shape index (κ2) is 2.96. The molecule has 8 heteroatoms. The quantitative estimate of drug-likeness (QED) is 0.594. The second-order valence-electron chi connectivity index (χ2n) is 2.07. The number of nitrogens with zero attached hydrogens (tertiary/aromatic N) is 1. The summed E-state index contributed by atoms with van der Waals surface area (Å²) < 4.78 is 24.7. The Labute approximate surface area is 78.4 Å². The van der Waals surface area contributed by atoms with Crippen molar-refractivity contribution >= 4 is 39.4 Å². The van der Waals surface area contributed by atoms with Crippen LogP contribution in [-0.4, -0.2) is 30.3 Å². The van der Waals surface area contributed by atoms with Crippen molar-refractivity contribution in [1.82, 2.24) is 0 Å². The molecule has 1 N–H and O–H groups in total. The molecule has 0 amide bonds. The standard InChI is InChI=1S/C5H3NO5S2/c7-4(8)3-1-2(5(9)12)6-13(3,10)11/h1H,(H,7,8)(H,9,12). The fourth-order valence-electron chi connectivity index (χ4n) is 0.676. The lowest BCUT2D eigenvalue weighted by atomic mass is 10.3. The number of sulfonamides is 1. The molecule has 0 bridgehead atoms. The maximum atomic E-state index is 10.9. The van der Waals surface area contributed by atoms with Crippen molar-refractivity contribution in [2.75, 3.05) is 0 Å². The molecule has 70 valence electrons. The van der Waals surface area contributed by atoms with Gasteiger partial charge in [0.25, 0.3) is 10.0 Å². The molecule has 0 unspecified atom stereocenters.